The molecule has 3 aromatic rings. The van der Waals surface area contributed by atoms with Gasteiger partial charge in [0.1, 0.15) is 5.82 Å². The molecule has 0 spiro atoms. The number of rotatable bonds is 3. The first-order valence-corrected chi connectivity index (χ1v) is 6.73. The molecule has 3 rings (SSSR count). The van der Waals surface area contributed by atoms with Gasteiger partial charge < -0.3 is 10.7 Å². The Labute approximate surface area is 117 Å². The van der Waals surface area contributed by atoms with Gasteiger partial charge in [-0.15, -0.1) is 0 Å². The number of fused-ring (bicyclic) bond motifs is 1. The van der Waals surface area contributed by atoms with Crippen molar-refractivity contribution in [2.45, 2.75) is 26.8 Å². The molecule has 0 radical (unpaired) electrons. The van der Waals surface area contributed by atoms with E-state index < -0.39 is 0 Å². The first-order chi connectivity index (χ1) is 9.71. The third kappa shape index (κ3) is 2.16. The Morgan fingerprint density at radius 2 is 2.05 bits per heavy atom. The second-order valence-corrected chi connectivity index (χ2v) is 4.84. The summed E-state index contributed by atoms with van der Waals surface area (Å²) in [5.41, 5.74) is 11.6. The smallest absolute Gasteiger partial charge is 0.140 e. The molecule has 0 saturated carbocycles. The summed E-state index contributed by atoms with van der Waals surface area (Å²) in [4.78, 5) is 8.00. The van der Waals surface area contributed by atoms with Gasteiger partial charge in [-0.2, -0.15) is 10.2 Å². The molecule has 5 nitrogen and oxygen atoms in total. The number of H-pyrrole nitrogens is 1. The van der Waals surface area contributed by atoms with Crippen molar-refractivity contribution in [1.82, 2.24) is 20.2 Å². The lowest BCUT2D eigenvalue weighted by molar-refractivity contribution is 0.893. The molecule has 0 unspecified atom stereocenters. The molecule has 0 bridgehead atoms. The lowest BCUT2D eigenvalue weighted by Gasteiger charge is -2.03. The molecule has 5 heteroatoms. The van der Waals surface area contributed by atoms with Crippen molar-refractivity contribution < 1.29 is 0 Å². The van der Waals surface area contributed by atoms with Crippen LogP contribution in [0.4, 0.5) is 0 Å². The van der Waals surface area contributed by atoms with E-state index in [0.717, 1.165) is 45.8 Å². The number of aromatic amines is 1. The monoisotopic (exact) mass is 267 g/mol. The molecule has 102 valence electrons. The van der Waals surface area contributed by atoms with Crippen molar-refractivity contribution in [2.24, 2.45) is 5.73 Å². The first kappa shape index (κ1) is 12.7. The van der Waals surface area contributed by atoms with Crippen LogP contribution in [-0.2, 0) is 13.0 Å². The average Bonchev–Trinajstić information content (AvgIpc) is 2.89. The number of aryl methyl sites for hydroxylation is 2. The molecule has 0 atom stereocenters. The summed E-state index contributed by atoms with van der Waals surface area (Å²) >= 11 is 0. The molecule has 3 N–H and O–H groups in total. The Bertz CT molecular complexity index is 760. The number of hydrogen-bond acceptors (Lipinski definition) is 4. The largest absolute Gasteiger partial charge is 0.338 e. The maximum absolute atomic E-state index is 5.67. The van der Waals surface area contributed by atoms with Gasteiger partial charge in [0, 0.05) is 12.1 Å². The Balaban J connectivity index is 2.17. The molecular weight excluding hydrogens is 250 g/mol. The highest BCUT2D eigenvalue weighted by atomic mass is 15.1. The second-order valence-electron chi connectivity index (χ2n) is 4.84. The van der Waals surface area contributed by atoms with Crippen LogP contribution >= 0.6 is 0 Å². The van der Waals surface area contributed by atoms with Gasteiger partial charge in [-0.3, -0.25) is 0 Å². The van der Waals surface area contributed by atoms with Crippen LogP contribution in [0.15, 0.2) is 24.3 Å². The molecular formula is C15H17N5. The van der Waals surface area contributed by atoms with Crippen molar-refractivity contribution in [1.29, 1.82) is 0 Å². The summed E-state index contributed by atoms with van der Waals surface area (Å²) in [5.74, 6) is 0.837. The van der Waals surface area contributed by atoms with E-state index in [1.165, 1.54) is 0 Å². The lowest BCUT2D eigenvalue weighted by atomic mass is 10.1. The van der Waals surface area contributed by atoms with Crippen LogP contribution in [0.3, 0.4) is 0 Å². The lowest BCUT2D eigenvalue weighted by Crippen LogP contribution is -1.98. The van der Waals surface area contributed by atoms with E-state index in [0.29, 0.717) is 6.54 Å². The number of imidazole rings is 1. The SMILES string of the molecule is CCc1nnc(C)cc1-c1nc2ccc(CN)cc2[nH]1. The van der Waals surface area contributed by atoms with Crippen LogP contribution in [-0.4, -0.2) is 20.2 Å². The Morgan fingerprint density at radius 1 is 1.20 bits per heavy atom. The van der Waals surface area contributed by atoms with E-state index in [1.807, 2.05) is 31.2 Å². The summed E-state index contributed by atoms with van der Waals surface area (Å²) in [6.45, 7) is 4.53. The number of nitrogens with zero attached hydrogens (tertiary/aromatic N) is 3. The minimum atomic E-state index is 0.528. The van der Waals surface area contributed by atoms with E-state index in [1.54, 1.807) is 0 Å². The van der Waals surface area contributed by atoms with Gasteiger partial charge in [0.15, 0.2) is 0 Å². The maximum Gasteiger partial charge on any atom is 0.140 e. The topological polar surface area (TPSA) is 80.5 Å². The Kier molecular flexibility index (Phi) is 3.20. The van der Waals surface area contributed by atoms with E-state index in [4.69, 9.17) is 5.73 Å². The van der Waals surface area contributed by atoms with Crippen molar-refractivity contribution in [2.75, 3.05) is 0 Å². The van der Waals surface area contributed by atoms with E-state index in [-0.39, 0.29) is 0 Å². The minimum Gasteiger partial charge on any atom is -0.338 e. The van der Waals surface area contributed by atoms with E-state index >= 15 is 0 Å². The zero-order valence-electron chi connectivity index (χ0n) is 11.6. The molecule has 20 heavy (non-hydrogen) atoms. The molecule has 0 aliphatic carbocycles. The van der Waals surface area contributed by atoms with Crippen LogP contribution in [0.5, 0.6) is 0 Å². The van der Waals surface area contributed by atoms with Crippen molar-refractivity contribution >= 4 is 11.0 Å². The summed E-state index contributed by atoms with van der Waals surface area (Å²) in [5, 5.41) is 8.36. The molecule has 2 aromatic heterocycles. The second kappa shape index (κ2) is 5.02. The van der Waals surface area contributed by atoms with Gasteiger partial charge in [0.25, 0.3) is 0 Å². The number of nitrogens with one attached hydrogen (secondary N) is 1. The van der Waals surface area contributed by atoms with Gasteiger partial charge in [-0.1, -0.05) is 13.0 Å². The van der Waals surface area contributed by atoms with Gasteiger partial charge in [-0.25, -0.2) is 4.98 Å². The molecule has 0 aliphatic heterocycles. The first-order valence-electron chi connectivity index (χ1n) is 6.73. The predicted molar refractivity (Wildman–Crippen MR) is 79.1 cm³/mol. The van der Waals surface area contributed by atoms with E-state index in [2.05, 4.69) is 27.1 Å². The van der Waals surface area contributed by atoms with Crippen LogP contribution < -0.4 is 5.73 Å². The summed E-state index contributed by atoms with van der Waals surface area (Å²) in [6, 6.07) is 8.06. The molecule has 0 amide bonds. The fourth-order valence-corrected chi connectivity index (χ4v) is 2.29. The zero-order chi connectivity index (χ0) is 14.1. The average molecular weight is 267 g/mol. The van der Waals surface area contributed by atoms with Crippen LogP contribution in [0.2, 0.25) is 0 Å². The highest BCUT2D eigenvalue weighted by Crippen LogP contribution is 2.24. The van der Waals surface area contributed by atoms with Gasteiger partial charge >= 0.3 is 0 Å². The molecule has 1 aromatic carbocycles. The molecule has 0 aliphatic rings. The number of benzene rings is 1. The molecule has 0 fully saturated rings. The summed E-state index contributed by atoms with van der Waals surface area (Å²) in [6.07, 6.45) is 0.827. The van der Waals surface area contributed by atoms with Crippen LogP contribution in [0.25, 0.3) is 22.4 Å². The highest BCUT2D eigenvalue weighted by molar-refractivity contribution is 5.80. The number of hydrogen-bond donors (Lipinski definition) is 2. The Hall–Kier alpha value is -2.27. The summed E-state index contributed by atoms with van der Waals surface area (Å²) < 4.78 is 0. The minimum absolute atomic E-state index is 0.528. The molecule has 0 saturated heterocycles. The highest BCUT2D eigenvalue weighted by Gasteiger charge is 2.11. The summed E-state index contributed by atoms with van der Waals surface area (Å²) in [7, 11) is 0. The number of nitrogens with two attached hydrogens (primary N) is 1. The van der Waals surface area contributed by atoms with Gasteiger partial charge in [0.2, 0.25) is 0 Å². The zero-order valence-corrected chi connectivity index (χ0v) is 11.6. The fraction of sp³-hybridized carbons (Fsp3) is 0.267. The fourth-order valence-electron chi connectivity index (χ4n) is 2.29. The van der Waals surface area contributed by atoms with Gasteiger partial charge in [-0.05, 0) is 37.1 Å². The third-order valence-electron chi connectivity index (χ3n) is 3.36. The van der Waals surface area contributed by atoms with Crippen LogP contribution in [0, 0.1) is 6.92 Å². The van der Waals surface area contributed by atoms with Crippen molar-refractivity contribution in [3.63, 3.8) is 0 Å². The molecule has 2 heterocycles. The Morgan fingerprint density at radius 3 is 2.80 bits per heavy atom. The van der Waals surface area contributed by atoms with Crippen LogP contribution in [0.1, 0.15) is 23.9 Å². The van der Waals surface area contributed by atoms with E-state index in [9.17, 15) is 0 Å². The standard InChI is InChI=1S/C15H17N5/c1-3-12-11(6-9(2)19-20-12)15-17-13-5-4-10(8-16)7-14(13)18-15/h4-7H,3,8,16H2,1-2H3,(H,17,18). The number of aromatic nitrogens is 4. The third-order valence-corrected chi connectivity index (χ3v) is 3.36. The quantitative estimate of drug-likeness (QED) is 0.763. The maximum atomic E-state index is 5.67. The van der Waals surface area contributed by atoms with Gasteiger partial charge in [0.05, 0.1) is 22.4 Å². The predicted octanol–water partition coefficient (Wildman–Crippen LogP) is 2.35. The van der Waals surface area contributed by atoms with Crippen molar-refractivity contribution in [3.05, 3.63) is 41.2 Å². The normalized spacial score (nSPS) is 11.2. The van der Waals surface area contributed by atoms with Crippen molar-refractivity contribution in [3.8, 4) is 11.4 Å².